The van der Waals surface area contributed by atoms with E-state index >= 15 is 4.39 Å². The summed E-state index contributed by atoms with van der Waals surface area (Å²) < 4.78 is 38.6. The first-order chi connectivity index (χ1) is 22.7. The van der Waals surface area contributed by atoms with Crippen molar-refractivity contribution in [3.8, 4) is 28.8 Å². The zero-order valence-electron chi connectivity index (χ0n) is 26.3. The van der Waals surface area contributed by atoms with Gasteiger partial charge in [0, 0.05) is 42.0 Å². The molecule has 5 heterocycles. The summed E-state index contributed by atoms with van der Waals surface area (Å²) in [5.74, 6) is -0.920. The van der Waals surface area contributed by atoms with Gasteiger partial charge in [0.15, 0.2) is 5.82 Å². The van der Waals surface area contributed by atoms with Crippen molar-refractivity contribution in [1.29, 1.82) is 5.26 Å². The van der Waals surface area contributed by atoms with Gasteiger partial charge in [-0.2, -0.15) is 5.26 Å². The number of phenolic OH excluding ortho intramolecular Hbond substituents is 1. The van der Waals surface area contributed by atoms with Crippen molar-refractivity contribution in [3.63, 3.8) is 0 Å². The Labute approximate surface area is 271 Å². The summed E-state index contributed by atoms with van der Waals surface area (Å²) in [5.41, 5.74) is 2.12. The van der Waals surface area contributed by atoms with Crippen LogP contribution in [0.2, 0.25) is 0 Å². The highest BCUT2D eigenvalue weighted by atomic mass is 19.1. The molecule has 1 amide bonds. The van der Waals surface area contributed by atoms with E-state index in [1.807, 2.05) is 13.0 Å². The number of likely N-dealkylation sites (tertiary alicyclic amines) is 1. The van der Waals surface area contributed by atoms with Crippen LogP contribution in [-0.4, -0.2) is 71.8 Å². The summed E-state index contributed by atoms with van der Waals surface area (Å²) in [7, 11) is 2.06. The number of halogens is 2. The van der Waals surface area contributed by atoms with E-state index in [4.69, 9.17) is 9.72 Å². The van der Waals surface area contributed by atoms with E-state index in [-0.39, 0.29) is 72.2 Å². The summed E-state index contributed by atoms with van der Waals surface area (Å²) in [6.45, 7) is 3.89. The monoisotopic (exact) mass is 638 g/mol. The van der Waals surface area contributed by atoms with Crippen molar-refractivity contribution >= 4 is 39.0 Å². The van der Waals surface area contributed by atoms with Crippen LogP contribution in [0, 0.1) is 28.9 Å². The fourth-order valence-corrected chi connectivity index (χ4v) is 8.44. The van der Waals surface area contributed by atoms with Crippen LogP contribution in [0.15, 0.2) is 36.4 Å². The highest BCUT2D eigenvalue weighted by Gasteiger charge is 2.52. The molecule has 0 radical (unpaired) electrons. The minimum absolute atomic E-state index is 0.0510. The second kappa shape index (κ2) is 11.3. The maximum atomic E-state index is 17.4. The number of nitrogens with zero attached hydrogens (tertiary/aromatic N) is 4. The third-order valence-electron chi connectivity index (χ3n) is 10.7. The summed E-state index contributed by atoms with van der Waals surface area (Å²) >= 11 is 0. The first-order valence-corrected chi connectivity index (χ1v) is 16.4. The molecule has 2 bridgehead atoms. The number of carbonyl (C=O) groups excluding carboxylic acids is 1. The number of anilines is 2. The lowest BCUT2D eigenvalue weighted by molar-refractivity contribution is -0.115. The standard InChI is InChI=1S/C36H36F2N6O3/c1-18(28-6-4-10-43(28)2)47-36-33-35(44(17-29(46)41-33)34-21-13-27(34)40-16-21)26-12-20(5-3-9-39)30(31(38)32(26)42-36)25-15-23(45)11-19-7-8-22(37)14-24(19)25/h7-8,11-12,14-15,18,21,27-28,34,40,45H,3-6,10,13,16-17H2,1-2H3,(H,41,46)/t18-,21?,27?,28-,34?/m0/s1. The van der Waals surface area contributed by atoms with Crippen molar-refractivity contribution in [3.05, 3.63) is 53.6 Å². The van der Waals surface area contributed by atoms with Gasteiger partial charge in [0.2, 0.25) is 11.8 Å². The molecule has 242 valence electrons. The maximum Gasteiger partial charge on any atom is 0.244 e. The van der Waals surface area contributed by atoms with Crippen molar-refractivity contribution in [1.82, 2.24) is 15.2 Å². The van der Waals surface area contributed by atoms with Gasteiger partial charge < -0.3 is 25.4 Å². The van der Waals surface area contributed by atoms with Gasteiger partial charge in [0.05, 0.1) is 18.3 Å². The highest BCUT2D eigenvalue weighted by Crippen LogP contribution is 2.50. The van der Waals surface area contributed by atoms with Crippen LogP contribution in [0.3, 0.4) is 0 Å². The van der Waals surface area contributed by atoms with Gasteiger partial charge in [0.1, 0.15) is 28.9 Å². The molecule has 3 unspecified atom stereocenters. The van der Waals surface area contributed by atoms with E-state index in [9.17, 15) is 19.6 Å². The lowest BCUT2D eigenvalue weighted by atomic mass is 9.78. The molecule has 4 aromatic rings. The number of aryl methyl sites for hydroxylation is 1. The van der Waals surface area contributed by atoms with Crippen molar-refractivity contribution in [2.75, 3.05) is 36.9 Å². The summed E-state index contributed by atoms with van der Waals surface area (Å²) in [6.07, 6.45) is 3.05. The molecule has 3 N–H and O–H groups in total. The molecular formula is C36H36F2N6O3. The number of carbonyl (C=O) groups is 1. The van der Waals surface area contributed by atoms with Crippen LogP contribution >= 0.6 is 0 Å². The Bertz CT molecular complexity index is 1980. The number of ether oxygens (including phenoxy) is 1. The Morgan fingerprint density at radius 3 is 2.79 bits per heavy atom. The van der Waals surface area contributed by atoms with Crippen LogP contribution in [0.1, 0.15) is 38.2 Å². The molecule has 5 atom stereocenters. The molecule has 3 aromatic carbocycles. The Kier molecular flexibility index (Phi) is 7.19. The molecule has 4 aliphatic heterocycles. The topological polar surface area (TPSA) is 114 Å². The number of nitriles is 1. The first-order valence-electron chi connectivity index (χ1n) is 16.4. The lowest BCUT2D eigenvalue weighted by Gasteiger charge is -2.47. The van der Waals surface area contributed by atoms with E-state index < -0.39 is 11.6 Å². The van der Waals surface area contributed by atoms with Gasteiger partial charge in [-0.05, 0) is 104 Å². The number of nitrogens with one attached hydrogen (secondary N) is 2. The summed E-state index contributed by atoms with van der Waals surface area (Å²) in [4.78, 5) is 22.4. The second-order valence-corrected chi connectivity index (χ2v) is 13.5. The van der Waals surface area contributed by atoms with Crippen molar-refractivity contribution in [2.24, 2.45) is 5.92 Å². The molecule has 4 fully saturated rings. The largest absolute Gasteiger partial charge is 0.508 e. The minimum atomic E-state index is -0.656. The summed E-state index contributed by atoms with van der Waals surface area (Å²) in [5, 5.41) is 28.3. The highest BCUT2D eigenvalue weighted by molar-refractivity contribution is 6.12. The third-order valence-corrected chi connectivity index (χ3v) is 10.7. The van der Waals surface area contributed by atoms with E-state index in [0.29, 0.717) is 44.6 Å². The lowest BCUT2D eigenvalue weighted by Crippen LogP contribution is -2.58. The van der Waals surface area contributed by atoms with Gasteiger partial charge in [0.25, 0.3) is 0 Å². The van der Waals surface area contributed by atoms with Gasteiger partial charge >= 0.3 is 0 Å². The number of likely N-dealkylation sites (N-methyl/N-ethyl adjacent to an activating group) is 1. The fourth-order valence-electron chi connectivity index (χ4n) is 8.44. The molecule has 5 aliphatic rings. The van der Waals surface area contributed by atoms with Gasteiger partial charge in [-0.15, -0.1) is 0 Å². The number of pyridine rings is 1. The van der Waals surface area contributed by atoms with Gasteiger partial charge in [-0.3, -0.25) is 9.69 Å². The Balaban J connectivity index is 1.40. The zero-order valence-corrected chi connectivity index (χ0v) is 26.3. The minimum Gasteiger partial charge on any atom is -0.508 e. The molecule has 1 aliphatic carbocycles. The zero-order chi connectivity index (χ0) is 32.6. The molecule has 0 spiro atoms. The molecule has 1 saturated carbocycles. The van der Waals surface area contributed by atoms with Crippen LogP contribution in [0.4, 0.5) is 20.2 Å². The fraction of sp³-hybridized carbons (Fsp3) is 0.417. The molecule has 3 saturated heterocycles. The number of hydrogen-bond acceptors (Lipinski definition) is 8. The number of hydrogen-bond donors (Lipinski definition) is 3. The second-order valence-electron chi connectivity index (χ2n) is 13.5. The van der Waals surface area contributed by atoms with E-state index in [0.717, 1.165) is 32.4 Å². The molecule has 1 aromatic heterocycles. The van der Waals surface area contributed by atoms with E-state index in [1.54, 1.807) is 6.07 Å². The number of benzene rings is 3. The maximum absolute atomic E-state index is 17.4. The quantitative estimate of drug-likeness (QED) is 0.244. The smallest absolute Gasteiger partial charge is 0.244 e. The van der Waals surface area contributed by atoms with Crippen LogP contribution < -0.4 is 20.3 Å². The van der Waals surface area contributed by atoms with E-state index in [2.05, 4.69) is 33.6 Å². The molecule has 9 rings (SSSR count). The van der Waals surface area contributed by atoms with Crippen molar-refractivity contribution in [2.45, 2.75) is 63.3 Å². The SMILES string of the molecule is C[C@H](Oc1nc2c(F)c(-c3cc(O)cc4ccc(F)cc34)c(CCC#N)cc2c2c1NC(=O)CN2C1C2CNC1C2)[C@@H]1CCCN1C. The first kappa shape index (κ1) is 29.8. The van der Waals surface area contributed by atoms with Crippen LogP contribution in [0.25, 0.3) is 32.8 Å². The molecule has 11 heteroatoms. The van der Waals surface area contributed by atoms with Gasteiger partial charge in [-0.1, -0.05) is 6.07 Å². The predicted octanol–water partition coefficient (Wildman–Crippen LogP) is 5.48. The third kappa shape index (κ3) is 4.85. The number of aromatic hydroxyl groups is 1. The average Bonchev–Trinajstić information content (AvgIpc) is 3.79. The Morgan fingerprint density at radius 1 is 1.21 bits per heavy atom. The number of rotatable bonds is 7. The summed E-state index contributed by atoms with van der Waals surface area (Å²) in [6, 6.07) is 11.5. The molecule has 9 nitrogen and oxygen atoms in total. The number of phenols is 1. The average molecular weight is 639 g/mol. The van der Waals surface area contributed by atoms with Crippen LogP contribution in [-0.2, 0) is 11.2 Å². The van der Waals surface area contributed by atoms with Crippen LogP contribution in [0.5, 0.6) is 11.6 Å². The van der Waals surface area contributed by atoms with Crippen molar-refractivity contribution < 1.29 is 23.4 Å². The normalized spacial score (nSPS) is 24.2. The predicted molar refractivity (Wildman–Crippen MR) is 176 cm³/mol. The molecular weight excluding hydrogens is 602 g/mol. The Morgan fingerprint density at radius 2 is 2.06 bits per heavy atom. The number of aromatic nitrogens is 1. The molecule has 47 heavy (non-hydrogen) atoms. The van der Waals surface area contributed by atoms with Gasteiger partial charge in [-0.25, -0.2) is 13.8 Å². The Hall–Kier alpha value is -4.53. The number of fused-ring (bicyclic) bond motifs is 5. The number of amides is 1. The van der Waals surface area contributed by atoms with E-state index in [1.165, 1.54) is 24.3 Å².